The third-order valence-electron chi connectivity index (χ3n) is 8.06. The molecule has 174 valence electrons. The van der Waals surface area contributed by atoms with Gasteiger partial charge in [-0.2, -0.15) is 0 Å². The van der Waals surface area contributed by atoms with Crippen molar-refractivity contribution in [2.24, 2.45) is 0 Å². The summed E-state index contributed by atoms with van der Waals surface area (Å²) in [5.41, 5.74) is 6.85. The fourth-order valence-corrected chi connectivity index (χ4v) is 6.37. The highest BCUT2D eigenvalue weighted by molar-refractivity contribution is 7.01. The van der Waals surface area contributed by atoms with E-state index < -0.39 is 0 Å². The Morgan fingerprint density at radius 3 is 1.14 bits per heavy atom. The summed E-state index contributed by atoms with van der Waals surface area (Å²) in [6.45, 7) is 4.64. The van der Waals surface area contributed by atoms with Crippen LogP contribution in [0.25, 0.3) is 43.1 Å². The Balaban J connectivity index is 1.74. The Bertz CT molecular complexity index is 1830. The van der Waals surface area contributed by atoms with Crippen LogP contribution in [-0.4, -0.2) is 6.71 Å². The van der Waals surface area contributed by atoms with Crippen LogP contribution < -0.4 is 16.4 Å². The molecule has 7 aromatic carbocycles. The van der Waals surface area contributed by atoms with E-state index in [1.165, 1.54) is 70.6 Å². The second kappa shape index (κ2) is 8.64. The maximum Gasteiger partial charge on any atom is 0.245 e. The summed E-state index contributed by atoms with van der Waals surface area (Å²) >= 11 is 0. The predicted octanol–water partition coefficient (Wildman–Crippen LogP) is 7.43. The summed E-state index contributed by atoms with van der Waals surface area (Å²) in [6.07, 6.45) is 0. The first-order chi connectivity index (χ1) is 18.2. The molecule has 37 heavy (non-hydrogen) atoms. The van der Waals surface area contributed by atoms with E-state index in [1.54, 1.807) is 0 Å². The number of aryl methyl sites for hydroxylation is 2. The van der Waals surface area contributed by atoms with E-state index in [0.717, 1.165) is 0 Å². The van der Waals surface area contributed by atoms with Gasteiger partial charge in [0.05, 0.1) is 0 Å². The molecule has 0 fully saturated rings. The van der Waals surface area contributed by atoms with Gasteiger partial charge in [0.1, 0.15) is 0 Å². The number of rotatable bonds is 3. The SMILES string of the molecule is Cc1ccc2ccccc2c1B(c1c(C)ccc2ccccc12)c1c2ccccc2cc2ccccc12. The summed E-state index contributed by atoms with van der Waals surface area (Å²) < 4.78 is 0. The molecule has 0 radical (unpaired) electrons. The van der Waals surface area contributed by atoms with Gasteiger partial charge < -0.3 is 0 Å². The lowest BCUT2D eigenvalue weighted by Crippen LogP contribution is -2.55. The molecule has 0 heterocycles. The minimum Gasteiger partial charge on any atom is -0.0616 e. The van der Waals surface area contributed by atoms with Crippen LogP contribution in [0.2, 0.25) is 0 Å². The van der Waals surface area contributed by atoms with Crippen LogP contribution >= 0.6 is 0 Å². The van der Waals surface area contributed by atoms with E-state index in [1.807, 2.05) is 0 Å². The molecule has 0 saturated heterocycles. The zero-order valence-corrected chi connectivity index (χ0v) is 21.2. The first-order valence-electron chi connectivity index (χ1n) is 13.1. The first-order valence-corrected chi connectivity index (χ1v) is 13.1. The highest BCUT2D eigenvalue weighted by Crippen LogP contribution is 2.25. The van der Waals surface area contributed by atoms with Gasteiger partial charge in [0.25, 0.3) is 0 Å². The molecule has 0 N–H and O–H groups in total. The molecule has 0 nitrogen and oxygen atoms in total. The molecular formula is C36H27B. The molecule has 1 heteroatoms. The third-order valence-corrected chi connectivity index (χ3v) is 8.06. The van der Waals surface area contributed by atoms with E-state index in [4.69, 9.17) is 0 Å². The molecular weight excluding hydrogens is 443 g/mol. The molecule has 0 aliphatic carbocycles. The molecule has 0 bridgehead atoms. The van der Waals surface area contributed by atoms with Crippen molar-refractivity contribution >= 4 is 66.2 Å². The minimum absolute atomic E-state index is 0.0770. The largest absolute Gasteiger partial charge is 0.245 e. The third kappa shape index (κ3) is 3.46. The quantitative estimate of drug-likeness (QED) is 0.186. The van der Waals surface area contributed by atoms with Crippen LogP contribution in [0.4, 0.5) is 0 Å². The monoisotopic (exact) mass is 470 g/mol. The van der Waals surface area contributed by atoms with Crippen LogP contribution in [-0.2, 0) is 0 Å². The second-order valence-electron chi connectivity index (χ2n) is 10.2. The van der Waals surface area contributed by atoms with Gasteiger partial charge >= 0.3 is 0 Å². The molecule has 0 spiro atoms. The van der Waals surface area contributed by atoms with Crippen molar-refractivity contribution in [2.45, 2.75) is 13.8 Å². The standard InChI is InChI=1S/C36H27B/c1-24-19-21-26-11-3-7-15-30(26)34(24)37(35-25(2)20-22-27-12-4-8-16-31(27)35)36-32-17-9-5-13-28(32)23-29-14-6-10-18-33(29)36/h3-23H,1-2H3. The first kappa shape index (κ1) is 21.9. The van der Waals surface area contributed by atoms with Crippen LogP contribution in [0, 0.1) is 13.8 Å². The van der Waals surface area contributed by atoms with Crippen molar-refractivity contribution in [3.63, 3.8) is 0 Å². The lowest BCUT2D eigenvalue weighted by Gasteiger charge is -2.26. The molecule has 0 aromatic heterocycles. The maximum atomic E-state index is 2.34. The molecule has 7 rings (SSSR count). The molecule has 0 unspecified atom stereocenters. The van der Waals surface area contributed by atoms with Crippen molar-refractivity contribution in [1.82, 2.24) is 0 Å². The van der Waals surface area contributed by atoms with Crippen LogP contribution in [0.15, 0.2) is 127 Å². The van der Waals surface area contributed by atoms with Gasteiger partial charge in [0.2, 0.25) is 6.71 Å². The number of fused-ring (bicyclic) bond motifs is 4. The summed E-state index contributed by atoms with van der Waals surface area (Å²) in [6, 6.07) is 47.0. The lowest BCUT2D eigenvalue weighted by atomic mass is 9.33. The highest BCUT2D eigenvalue weighted by Gasteiger charge is 2.31. The molecule has 0 atom stereocenters. The Morgan fingerprint density at radius 1 is 0.351 bits per heavy atom. The van der Waals surface area contributed by atoms with E-state index in [0.29, 0.717) is 0 Å². The zero-order valence-electron chi connectivity index (χ0n) is 21.2. The normalized spacial score (nSPS) is 11.5. The fourth-order valence-electron chi connectivity index (χ4n) is 6.37. The summed E-state index contributed by atoms with van der Waals surface area (Å²) in [7, 11) is 0. The second-order valence-corrected chi connectivity index (χ2v) is 10.2. The number of benzene rings is 7. The fraction of sp³-hybridized carbons (Fsp3) is 0.0556. The minimum atomic E-state index is 0.0770. The van der Waals surface area contributed by atoms with Crippen molar-refractivity contribution in [3.05, 3.63) is 139 Å². The summed E-state index contributed by atoms with van der Waals surface area (Å²) in [4.78, 5) is 0. The van der Waals surface area contributed by atoms with E-state index in [9.17, 15) is 0 Å². The van der Waals surface area contributed by atoms with Gasteiger partial charge in [-0.1, -0.05) is 149 Å². The lowest BCUT2D eigenvalue weighted by molar-refractivity contribution is 1.52. The molecule has 0 amide bonds. The smallest absolute Gasteiger partial charge is 0.0616 e. The molecule has 0 saturated carbocycles. The van der Waals surface area contributed by atoms with Gasteiger partial charge in [0.15, 0.2) is 0 Å². The van der Waals surface area contributed by atoms with Crippen LogP contribution in [0.3, 0.4) is 0 Å². The van der Waals surface area contributed by atoms with Crippen molar-refractivity contribution in [3.8, 4) is 0 Å². The van der Waals surface area contributed by atoms with E-state index in [2.05, 4.69) is 141 Å². The van der Waals surface area contributed by atoms with Gasteiger partial charge in [0, 0.05) is 0 Å². The molecule has 7 aromatic rings. The molecule has 0 aliphatic rings. The number of hydrogen-bond acceptors (Lipinski definition) is 0. The van der Waals surface area contributed by atoms with Gasteiger partial charge in [-0.3, -0.25) is 0 Å². The highest BCUT2D eigenvalue weighted by atomic mass is 14.1. The van der Waals surface area contributed by atoms with E-state index >= 15 is 0 Å². The van der Waals surface area contributed by atoms with Crippen molar-refractivity contribution < 1.29 is 0 Å². The topological polar surface area (TPSA) is 0 Å². The average Bonchev–Trinajstić information content (AvgIpc) is 2.94. The summed E-state index contributed by atoms with van der Waals surface area (Å²) in [5, 5.41) is 10.5. The van der Waals surface area contributed by atoms with Gasteiger partial charge in [-0.05, 0) is 63.0 Å². The summed E-state index contributed by atoms with van der Waals surface area (Å²) in [5.74, 6) is 0. The van der Waals surface area contributed by atoms with Crippen molar-refractivity contribution in [1.29, 1.82) is 0 Å². The zero-order chi connectivity index (χ0) is 24.9. The number of hydrogen-bond donors (Lipinski definition) is 0. The van der Waals surface area contributed by atoms with Gasteiger partial charge in [-0.15, -0.1) is 0 Å². The van der Waals surface area contributed by atoms with Crippen LogP contribution in [0.1, 0.15) is 11.1 Å². The Morgan fingerprint density at radius 2 is 0.703 bits per heavy atom. The Hall–Kier alpha value is -4.36. The van der Waals surface area contributed by atoms with E-state index in [-0.39, 0.29) is 6.71 Å². The predicted molar refractivity (Wildman–Crippen MR) is 163 cm³/mol. The maximum absolute atomic E-state index is 2.34. The average molecular weight is 470 g/mol. The molecule has 0 aliphatic heterocycles. The van der Waals surface area contributed by atoms with Crippen molar-refractivity contribution in [2.75, 3.05) is 0 Å². The van der Waals surface area contributed by atoms with Crippen LogP contribution in [0.5, 0.6) is 0 Å². The Kier molecular flexibility index (Phi) is 5.11. The van der Waals surface area contributed by atoms with Gasteiger partial charge in [-0.25, -0.2) is 0 Å². The Labute approximate surface area is 218 Å².